The van der Waals surface area contributed by atoms with Crippen molar-refractivity contribution < 1.29 is 18.2 Å². The predicted octanol–water partition coefficient (Wildman–Crippen LogP) is 5.92. The van der Waals surface area contributed by atoms with Gasteiger partial charge in [-0.1, -0.05) is 35.4 Å². The van der Waals surface area contributed by atoms with Crippen LogP contribution in [0.2, 0.25) is 0 Å². The molecule has 136 valence electrons. The highest BCUT2D eigenvalue weighted by Gasteiger charge is 2.43. The van der Waals surface area contributed by atoms with E-state index in [0.29, 0.717) is 22.3 Å². The molecule has 0 aromatic heterocycles. The maximum absolute atomic E-state index is 13.8. The third-order valence-electron chi connectivity index (χ3n) is 4.41. The zero-order valence-corrected chi connectivity index (χ0v) is 16.8. The van der Waals surface area contributed by atoms with Gasteiger partial charge in [0.05, 0.1) is 7.80 Å². The number of halogens is 2. The molecule has 0 radical (unpaired) electrons. The number of hydrogen-bond acceptors (Lipinski definition) is 2. The van der Waals surface area contributed by atoms with Gasteiger partial charge in [0.2, 0.25) is 0 Å². The van der Waals surface area contributed by atoms with Crippen LogP contribution in [0.3, 0.4) is 0 Å². The molecule has 2 aromatic rings. The third kappa shape index (κ3) is 3.93. The zero-order chi connectivity index (χ0) is 19.8. The van der Waals surface area contributed by atoms with Crippen molar-refractivity contribution in [2.75, 3.05) is 0 Å². The van der Waals surface area contributed by atoms with Crippen molar-refractivity contribution in [1.82, 2.24) is 0 Å². The number of rotatable bonds is 5. The first kappa shape index (κ1) is 20.4. The van der Waals surface area contributed by atoms with Crippen LogP contribution < -0.4 is 0 Å². The monoisotopic (exact) mass is 374 g/mol. The fourth-order valence-corrected chi connectivity index (χ4v) is 5.27. The highest BCUT2D eigenvalue weighted by molar-refractivity contribution is 8.12. The molecule has 0 amide bonds. The van der Waals surface area contributed by atoms with E-state index in [9.17, 15) is 18.2 Å². The normalized spacial score (nSPS) is 11.0. The highest BCUT2D eigenvalue weighted by Crippen LogP contribution is 2.48. The summed E-state index contributed by atoms with van der Waals surface area (Å²) in [6.45, 7) is 7.66. The van der Waals surface area contributed by atoms with Gasteiger partial charge in [-0.15, -0.1) is 0 Å². The van der Waals surface area contributed by atoms with Crippen LogP contribution in [0.15, 0.2) is 24.3 Å². The van der Waals surface area contributed by atoms with Crippen molar-refractivity contribution in [3.8, 4) is 0 Å². The molecule has 26 heavy (non-hydrogen) atoms. The summed E-state index contributed by atoms with van der Waals surface area (Å²) in [4.78, 5) is 25.9. The molecule has 2 aromatic carbocycles. The Balaban J connectivity index is 2.57. The zero-order valence-electron chi connectivity index (χ0n) is 15.9. The second-order valence-electron chi connectivity index (χ2n) is 6.81. The standard InChI is InChI=1S/C20H22BF2O2P/c1-11-7-13(3)17(14(4)8-11)19(24)26(21(22)23)20(25)18-15(5)9-12(2)10-16(18)6/h7-10H,1-6H3. The molecule has 0 heterocycles. The summed E-state index contributed by atoms with van der Waals surface area (Å²) in [6, 6.07) is 7.14. The third-order valence-corrected chi connectivity index (χ3v) is 6.13. The van der Waals surface area contributed by atoms with Crippen LogP contribution >= 0.6 is 7.80 Å². The lowest BCUT2D eigenvalue weighted by Gasteiger charge is -2.18. The van der Waals surface area contributed by atoms with Crippen molar-refractivity contribution in [3.63, 3.8) is 0 Å². The van der Waals surface area contributed by atoms with Crippen molar-refractivity contribution >= 4 is 25.8 Å². The minimum atomic E-state index is -3.00. The Morgan fingerprint density at radius 3 is 1.19 bits per heavy atom. The van der Waals surface area contributed by atoms with Gasteiger partial charge in [0, 0.05) is 11.1 Å². The van der Waals surface area contributed by atoms with Crippen molar-refractivity contribution in [2.45, 2.75) is 41.5 Å². The second kappa shape index (κ2) is 7.79. The molecular formula is C20H22BF2O2P. The molecular weight excluding hydrogens is 352 g/mol. The Hall–Kier alpha value is -1.87. The Labute approximate surface area is 154 Å². The molecule has 0 unspecified atom stereocenters. The van der Waals surface area contributed by atoms with Crippen molar-refractivity contribution in [2.24, 2.45) is 0 Å². The maximum Gasteiger partial charge on any atom is 0.579 e. The highest BCUT2D eigenvalue weighted by atomic mass is 31.1. The van der Waals surface area contributed by atoms with E-state index in [-0.39, 0.29) is 11.1 Å². The van der Waals surface area contributed by atoms with E-state index in [1.807, 2.05) is 13.8 Å². The van der Waals surface area contributed by atoms with E-state index in [1.165, 1.54) is 0 Å². The Bertz CT molecular complexity index is 778. The number of aryl methyl sites for hydroxylation is 6. The first-order valence-corrected chi connectivity index (χ1v) is 9.77. The lowest BCUT2D eigenvalue weighted by Crippen LogP contribution is -2.18. The van der Waals surface area contributed by atoms with Crippen molar-refractivity contribution in [3.05, 3.63) is 68.8 Å². The van der Waals surface area contributed by atoms with Gasteiger partial charge in [-0.2, -0.15) is 0 Å². The number of benzene rings is 2. The molecule has 0 spiro atoms. The van der Waals surface area contributed by atoms with Gasteiger partial charge in [-0.25, -0.2) is 0 Å². The quantitative estimate of drug-likeness (QED) is 0.481. The predicted molar refractivity (Wildman–Crippen MR) is 105 cm³/mol. The van der Waals surface area contributed by atoms with Crippen LogP contribution in [-0.4, -0.2) is 18.0 Å². The van der Waals surface area contributed by atoms with E-state index in [1.54, 1.807) is 52.0 Å². The van der Waals surface area contributed by atoms with Crippen LogP contribution in [0.5, 0.6) is 0 Å². The van der Waals surface area contributed by atoms with Crippen LogP contribution in [0, 0.1) is 41.5 Å². The Kier molecular flexibility index (Phi) is 6.13. The Morgan fingerprint density at radius 2 is 0.962 bits per heavy atom. The lowest BCUT2D eigenvalue weighted by molar-refractivity contribution is 0.105. The fourth-order valence-electron chi connectivity index (χ4n) is 3.55. The molecule has 0 aliphatic carbocycles. The maximum atomic E-state index is 13.8. The molecule has 2 rings (SSSR count). The minimum absolute atomic E-state index is 0.248. The molecule has 0 N–H and O–H groups in total. The fraction of sp³-hybridized carbons (Fsp3) is 0.300. The van der Waals surface area contributed by atoms with Crippen molar-refractivity contribution in [1.29, 1.82) is 0 Å². The SMILES string of the molecule is Cc1cc(C)c(C(=O)P(B(F)F)C(=O)c2c(C)cc(C)cc2C)c(C)c1. The van der Waals surface area contributed by atoms with E-state index < -0.39 is 25.8 Å². The largest absolute Gasteiger partial charge is 0.579 e. The van der Waals surface area contributed by atoms with Gasteiger partial charge in [0.15, 0.2) is 11.0 Å². The second-order valence-corrected chi connectivity index (χ2v) is 8.75. The molecule has 0 bridgehead atoms. The molecule has 0 aliphatic heterocycles. The van der Waals surface area contributed by atoms with Gasteiger partial charge in [-0.3, -0.25) is 18.2 Å². The van der Waals surface area contributed by atoms with Gasteiger partial charge in [0.25, 0.3) is 0 Å². The Morgan fingerprint density at radius 1 is 0.692 bits per heavy atom. The van der Waals surface area contributed by atoms with Gasteiger partial charge in [0.1, 0.15) is 0 Å². The average molecular weight is 374 g/mol. The molecule has 6 heteroatoms. The molecule has 0 fully saturated rings. The summed E-state index contributed by atoms with van der Waals surface area (Å²) in [6.07, 6.45) is 0. The molecule has 0 atom stereocenters. The summed E-state index contributed by atoms with van der Waals surface area (Å²) in [7, 11) is -2.79. The summed E-state index contributed by atoms with van der Waals surface area (Å²) in [5.74, 6) is 0. The molecule has 0 saturated heterocycles. The number of carbonyl (C=O) groups excluding carboxylic acids is 2. The summed E-state index contributed by atoms with van der Waals surface area (Å²) < 4.78 is 27.7. The van der Waals surface area contributed by atoms with E-state index in [4.69, 9.17) is 0 Å². The lowest BCUT2D eigenvalue weighted by atomic mass is 10.0. The summed E-state index contributed by atoms with van der Waals surface area (Å²) >= 11 is 0. The molecule has 2 nitrogen and oxygen atoms in total. The summed E-state index contributed by atoms with van der Waals surface area (Å²) in [5.41, 5.74) is 3.44. The van der Waals surface area contributed by atoms with E-state index in [2.05, 4.69) is 0 Å². The average Bonchev–Trinajstić information content (AvgIpc) is 2.44. The smallest absolute Gasteiger partial charge is 0.289 e. The first-order valence-electron chi connectivity index (χ1n) is 8.36. The van der Waals surface area contributed by atoms with Crippen LogP contribution in [0.1, 0.15) is 54.1 Å². The van der Waals surface area contributed by atoms with Gasteiger partial charge < -0.3 is 0 Å². The van der Waals surface area contributed by atoms with E-state index in [0.717, 1.165) is 11.1 Å². The number of hydrogen-bond donors (Lipinski definition) is 0. The van der Waals surface area contributed by atoms with Crippen LogP contribution in [0.25, 0.3) is 0 Å². The molecule has 0 aliphatic rings. The van der Waals surface area contributed by atoms with Gasteiger partial charge >= 0.3 is 6.99 Å². The van der Waals surface area contributed by atoms with Crippen LogP contribution in [-0.2, 0) is 0 Å². The number of carbonyl (C=O) groups is 2. The van der Waals surface area contributed by atoms with Gasteiger partial charge in [-0.05, 0) is 63.8 Å². The first-order chi connectivity index (χ1) is 12.0. The molecule has 0 saturated carbocycles. The summed E-state index contributed by atoms with van der Waals surface area (Å²) in [5, 5.41) is 0. The minimum Gasteiger partial charge on any atom is -0.289 e. The van der Waals surface area contributed by atoms with E-state index >= 15 is 0 Å². The van der Waals surface area contributed by atoms with Crippen LogP contribution in [0.4, 0.5) is 8.63 Å². The topological polar surface area (TPSA) is 34.1 Å².